The van der Waals surface area contributed by atoms with Crippen LogP contribution in [0.3, 0.4) is 0 Å². The SMILES string of the molecule is O=S(=O)(Cl)c1c(Cl)oc2ccccc12. The molecule has 0 saturated carbocycles. The first-order chi connectivity index (χ1) is 6.50. The summed E-state index contributed by atoms with van der Waals surface area (Å²) < 4.78 is 27.3. The summed E-state index contributed by atoms with van der Waals surface area (Å²) in [6.45, 7) is 0. The van der Waals surface area contributed by atoms with E-state index in [1.165, 1.54) is 0 Å². The largest absolute Gasteiger partial charge is 0.443 e. The minimum atomic E-state index is -3.87. The smallest absolute Gasteiger partial charge is 0.266 e. The minimum Gasteiger partial charge on any atom is -0.443 e. The molecule has 0 saturated heterocycles. The Morgan fingerprint density at radius 1 is 1.21 bits per heavy atom. The van der Waals surface area contributed by atoms with Crippen LogP contribution in [0.2, 0.25) is 5.22 Å². The van der Waals surface area contributed by atoms with Gasteiger partial charge in [-0.3, -0.25) is 0 Å². The van der Waals surface area contributed by atoms with Crippen molar-refractivity contribution in [1.29, 1.82) is 0 Å². The van der Waals surface area contributed by atoms with Crippen molar-refractivity contribution >= 4 is 42.3 Å². The molecular weight excluding hydrogens is 247 g/mol. The van der Waals surface area contributed by atoms with Gasteiger partial charge < -0.3 is 4.42 Å². The number of furan rings is 1. The molecule has 0 aliphatic carbocycles. The molecule has 1 aromatic heterocycles. The van der Waals surface area contributed by atoms with Crippen molar-refractivity contribution in [2.24, 2.45) is 0 Å². The van der Waals surface area contributed by atoms with E-state index in [0.717, 1.165) is 0 Å². The maximum Gasteiger partial charge on any atom is 0.266 e. The standard InChI is InChI=1S/C8H4Cl2O3S/c9-8-7(14(10,11)12)5-3-1-2-4-6(5)13-8/h1-4H. The molecule has 6 heteroatoms. The highest BCUT2D eigenvalue weighted by molar-refractivity contribution is 8.14. The van der Waals surface area contributed by atoms with Gasteiger partial charge in [0, 0.05) is 16.1 Å². The van der Waals surface area contributed by atoms with Gasteiger partial charge in [0.1, 0.15) is 10.5 Å². The van der Waals surface area contributed by atoms with Crippen molar-refractivity contribution < 1.29 is 12.8 Å². The summed E-state index contributed by atoms with van der Waals surface area (Å²) in [5, 5.41) is 0.189. The van der Waals surface area contributed by atoms with Gasteiger partial charge in [-0.25, -0.2) is 8.42 Å². The summed E-state index contributed by atoms with van der Waals surface area (Å²) in [7, 11) is 1.34. The first-order valence-electron chi connectivity index (χ1n) is 3.62. The molecule has 14 heavy (non-hydrogen) atoms. The van der Waals surface area contributed by atoms with E-state index in [0.29, 0.717) is 11.0 Å². The second kappa shape index (κ2) is 3.15. The molecule has 0 amide bonds. The number of halogens is 2. The second-order valence-electron chi connectivity index (χ2n) is 2.64. The van der Waals surface area contributed by atoms with Crippen LogP contribution in [0.15, 0.2) is 33.6 Å². The Hall–Kier alpha value is -0.710. The lowest BCUT2D eigenvalue weighted by molar-refractivity contribution is 0.594. The van der Waals surface area contributed by atoms with E-state index in [1.54, 1.807) is 24.3 Å². The normalized spacial score (nSPS) is 12.1. The maximum atomic E-state index is 11.1. The molecule has 0 atom stereocenters. The fourth-order valence-corrected chi connectivity index (χ4v) is 2.95. The van der Waals surface area contributed by atoms with Crippen LogP contribution in [0.4, 0.5) is 0 Å². The average molecular weight is 251 g/mol. The Balaban J connectivity index is 2.95. The second-order valence-corrected chi connectivity index (χ2v) is 5.48. The Bertz CT molecular complexity index is 586. The van der Waals surface area contributed by atoms with Crippen molar-refractivity contribution in [2.45, 2.75) is 4.90 Å². The molecule has 0 aliphatic heterocycles. The van der Waals surface area contributed by atoms with Crippen molar-refractivity contribution in [2.75, 3.05) is 0 Å². The quantitative estimate of drug-likeness (QED) is 0.732. The van der Waals surface area contributed by atoms with Gasteiger partial charge in [0.15, 0.2) is 0 Å². The summed E-state index contributed by atoms with van der Waals surface area (Å²) >= 11 is 5.62. The van der Waals surface area contributed by atoms with Crippen LogP contribution in [0, 0.1) is 0 Å². The molecule has 0 radical (unpaired) electrons. The van der Waals surface area contributed by atoms with E-state index in [-0.39, 0.29) is 10.1 Å². The first-order valence-corrected chi connectivity index (χ1v) is 6.30. The summed E-state index contributed by atoms with van der Waals surface area (Å²) in [5.74, 6) is 0. The average Bonchev–Trinajstić information content (AvgIpc) is 2.38. The highest BCUT2D eigenvalue weighted by atomic mass is 35.7. The Morgan fingerprint density at radius 2 is 1.86 bits per heavy atom. The number of para-hydroxylation sites is 1. The molecule has 1 aromatic carbocycles. The maximum absolute atomic E-state index is 11.1. The van der Waals surface area contributed by atoms with Crippen LogP contribution in [-0.2, 0) is 9.05 Å². The van der Waals surface area contributed by atoms with Gasteiger partial charge in [0.05, 0.1) is 0 Å². The van der Waals surface area contributed by atoms with Gasteiger partial charge in [-0.15, -0.1) is 0 Å². The molecule has 0 N–H and O–H groups in total. The number of hydrogen-bond donors (Lipinski definition) is 0. The highest BCUT2D eigenvalue weighted by Crippen LogP contribution is 2.34. The Labute approximate surface area is 89.6 Å². The minimum absolute atomic E-state index is 0.170. The number of fused-ring (bicyclic) bond motifs is 1. The lowest BCUT2D eigenvalue weighted by atomic mass is 10.3. The first kappa shape index (κ1) is 9.83. The summed E-state index contributed by atoms with van der Waals surface area (Å²) in [6, 6.07) is 6.60. The molecule has 1 heterocycles. The monoisotopic (exact) mass is 250 g/mol. The number of hydrogen-bond acceptors (Lipinski definition) is 3. The third-order valence-corrected chi connectivity index (χ3v) is 3.49. The molecule has 3 nitrogen and oxygen atoms in total. The summed E-state index contributed by atoms with van der Waals surface area (Å²) in [5.41, 5.74) is 0.400. The van der Waals surface area contributed by atoms with Crippen LogP contribution in [0.1, 0.15) is 0 Å². The van der Waals surface area contributed by atoms with Gasteiger partial charge >= 0.3 is 0 Å². The van der Waals surface area contributed by atoms with Gasteiger partial charge in [-0.2, -0.15) is 0 Å². The topological polar surface area (TPSA) is 47.3 Å². The lowest BCUT2D eigenvalue weighted by Crippen LogP contribution is -1.88. The van der Waals surface area contributed by atoms with Gasteiger partial charge in [0.2, 0.25) is 5.22 Å². The molecule has 74 valence electrons. The van der Waals surface area contributed by atoms with Gasteiger partial charge in [-0.1, -0.05) is 12.1 Å². The zero-order valence-electron chi connectivity index (χ0n) is 6.70. The van der Waals surface area contributed by atoms with Crippen LogP contribution in [-0.4, -0.2) is 8.42 Å². The predicted molar refractivity (Wildman–Crippen MR) is 54.3 cm³/mol. The van der Waals surface area contributed by atoms with Gasteiger partial charge in [0.25, 0.3) is 9.05 Å². The lowest BCUT2D eigenvalue weighted by Gasteiger charge is -1.90. The fraction of sp³-hybridized carbons (Fsp3) is 0. The van der Waals surface area contributed by atoms with E-state index in [4.69, 9.17) is 26.7 Å². The summed E-state index contributed by atoms with van der Waals surface area (Å²) in [6.07, 6.45) is 0. The number of benzene rings is 1. The van der Waals surface area contributed by atoms with E-state index in [1.807, 2.05) is 0 Å². The van der Waals surface area contributed by atoms with E-state index in [9.17, 15) is 8.42 Å². The third-order valence-electron chi connectivity index (χ3n) is 1.75. The Morgan fingerprint density at radius 3 is 2.50 bits per heavy atom. The summed E-state index contributed by atoms with van der Waals surface area (Å²) in [4.78, 5) is -0.170. The van der Waals surface area contributed by atoms with Crippen molar-refractivity contribution in [3.8, 4) is 0 Å². The molecule has 0 spiro atoms. The fourth-order valence-electron chi connectivity index (χ4n) is 1.22. The van der Waals surface area contributed by atoms with Crippen LogP contribution >= 0.6 is 22.3 Å². The van der Waals surface area contributed by atoms with Crippen LogP contribution in [0.5, 0.6) is 0 Å². The van der Waals surface area contributed by atoms with E-state index in [2.05, 4.69) is 0 Å². The molecule has 2 rings (SSSR count). The molecule has 0 fully saturated rings. The molecule has 0 bridgehead atoms. The zero-order valence-corrected chi connectivity index (χ0v) is 9.03. The van der Waals surface area contributed by atoms with Crippen LogP contribution < -0.4 is 0 Å². The number of rotatable bonds is 1. The molecule has 0 unspecified atom stereocenters. The zero-order chi connectivity index (χ0) is 10.3. The van der Waals surface area contributed by atoms with Crippen molar-refractivity contribution in [1.82, 2.24) is 0 Å². The molecule has 2 aromatic rings. The van der Waals surface area contributed by atoms with Crippen molar-refractivity contribution in [3.63, 3.8) is 0 Å². The van der Waals surface area contributed by atoms with E-state index < -0.39 is 9.05 Å². The highest BCUT2D eigenvalue weighted by Gasteiger charge is 2.22. The molecule has 0 aliphatic rings. The molecular formula is C8H4Cl2O3S. The van der Waals surface area contributed by atoms with Gasteiger partial charge in [-0.05, 0) is 23.7 Å². The predicted octanol–water partition coefficient (Wildman–Crippen LogP) is 3.01. The van der Waals surface area contributed by atoms with Crippen molar-refractivity contribution in [3.05, 3.63) is 29.5 Å². The van der Waals surface area contributed by atoms with E-state index >= 15 is 0 Å². The Kier molecular flexibility index (Phi) is 2.21. The third kappa shape index (κ3) is 1.49. The van der Waals surface area contributed by atoms with Crippen LogP contribution in [0.25, 0.3) is 11.0 Å².